The number of hydrogen-bond donors (Lipinski definition) is 2. The molecule has 24 heavy (non-hydrogen) atoms. The molecule has 3 nitrogen and oxygen atoms in total. The van der Waals surface area contributed by atoms with Gasteiger partial charge in [-0.05, 0) is 79.9 Å². The average molecular weight is 331 g/mol. The summed E-state index contributed by atoms with van der Waals surface area (Å²) in [6, 6.07) is 6.42. The van der Waals surface area contributed by atoms with Crippen LogP contribution < -0.4 is 5.32 Å². The van der Waals surface area contributed by atoms with E-state index in [1.54, 1.807) is 12.1 Å². The molecule has 0 saturated heterocycles. The Bertz CT molecular complexity index is 613. The zero-order chi connectivity index (χ0) is 16.8. The highest BCUT2D eigenvalue weighted by atomic mass is 19.1. The molecule has 130 valence electrons. The van der Waals surface area contributed by atoms with Crippen molar-refractivity contribution in [3.8, 4) is 0 Å². The van der Waals surface area contributed by atoms with Crippen molar-refractivity contribution in [3.63, 3.8) is 0 Å². The van der Waals surface area contributed by atoms with Crippen LogP contribution in [0.3, 0.4) is 0 Å². The van der Waals surface area contributed by atoms with E-state index in [1.807, 2.05) is 0 Å². The van der Waals surface area contributed by atoms with Gasteiger partial charge in [-0.3, -0.25) is 4.79 Å². The van der Waals surface area contributed by atoms with Crippen LogP contribution in [0.5, 0.6) is 0 Å². The Morgan fingerprint density at radius 1 is 1.17 bits per heavy atom. The normalized spacial score (nSPS) is 36.8. The Labute approximate surface area is 142 Å². The molecular formula is C20H26FNO2. The van der Waals surface area contributed by atoms with Gasteiger partial charge in [0.05, 0.1) is 5.60 Å². The smallest absolute Gasteiger partial charge is 0.220 e. The highest BCUT2D eigenvalue weighted by molar-refractivity contribution is 5.76. The fourth-order valence-electron chi connectivity index (χ4n) is 6.01. The zero-order valence-corrected chi connectivity index (χ0v) is 14.1. The van der Waals surface area contributed by atoms with Crippen LogP contribution in [0.15, 0.2) is 24.3 Å². The first-order valence-corrected chi connectivity index (χ1v) is 9.17. The number of nitrogens with one attached hydrogen (secondary N) is 1. The zero-order valence-electron chi connectivity index (χ0n) is 14.1. The molecule has 0 spiro atoms. The Morgan fingerprint density at radius 2 is 1.83 bits per heavy atom. The number of carbonyl (C=O) groups is 1. The molecule has 4 bridgehead atoms. The summed E-state index contributed by atoms with van der Waals surface area (Å²) in [6.45, 7) is 0.581. The quantitative estimate of drug-likeness (QED) is 0.870. The van der Waals surface area contributed by atoms with Crippen molar-refractivity contribution < 1.29 is 14.3 Å². The molecule has 4 atom stereocenters. The SMILES string of the molecule is O=C(CC12C[C@@H]3C[C@@H](CC(O)(C3)C1)C2)NCCc1ccc(F)cc1. The first kappa shape index (κ1) is 16.1. The van der Waals surface area contributed by atoms with Crippen LogP contribution in [-0.2, 0) is 11.2 Å². The van der Waals surface area contributed by atoms with E-state index in [0.717, 1.165) is 37.7 Å². The summed E-state index contributed by atoms with van der Waals surface area (Å²) >= 11 is 0. The van der Waals surface area contributed by atoms with Crippen molar-refractivity contribution in [1.82, 2.24) is 5.32 Å². The predicted octanol–water partition coefficient (Wildman–Crippen LogP) is 3.21. The maximum Gasteiger partial charge on any atom is 0.220 e. The molecule has 0 radical (unpaired) electrons. The van der Waals surface area contributed by atoms with Crippen molar-refractivity contribution >= 4 is 5.91 Å². The summed E-state index contributed by atoms with van der Waals surface area (Å²) in [4.78, 5) is 12.4. The van der Waals surface area contributed by atoms with Gasteiger partial charge in [0.1, 0.15) is 5.82 Å². The van der Waals surface area contributed by atoms with E-state index in [2.05, 4.69) is 5.32 Å². The molecular weight excluding hydrogens is 305 g/mol. The van der Waals surface area contributed by atoms with Crippen LogP contribution in [0.25, 0.3) is 0 Å². The number of carbonyl (C=O) groups excluding carboxylic acids is 1. The summed E-state index contributed by atoms with van der Waals surface area (Å²) in [6.07, 6.45) is 7.41. The molecule has 2 N–H and O–H groups in total. The van der Waals surface area contributed by atoms with Crippen molar-refractivity contribution in [2.45, 2.75) is 57.0 Å². The second-order valence-corrected chi connectivity index (χ2v) is 8.59. The van der Waals surface area contributed by atoms with Gasteiger partial charge >= 0.3 is 0 Å². The highest BCUT2D eigenvalue weighted by Crippen LogP contribution is 2.62. The molecule has 0 aromatic heterocycles. The third-order valence-electron chi connectivity index (χ3n) is 6.34. The summed E-state index contributed by atoms with van der Waals surface area (Å²) in [7, 11) is 0. The van der Waals surface area contributed by atoms with Crippen LogP contribution in [0.1, 0.15) is 50.5 Å². The molecule has 4 saturated carbocycles. The molecule has 0 heterocycles. The van der Waals surface area contributed by atoms with Gasteiger partial charge in [0.2, 0.25) is 5.91 Å². The predicted molar refractivity (Wildman–Crippen MR) is 89.8 cm³/mol. The van der Waals surface area contributed by atoms with E-state index in [-0.39, 0.29) is 17.1 Å². The lowest BCUT2D eigenvalue weighted by molar-refractivity contribution is -0.169. The molecule has 1 aromatic carbocycles. The number of benzene rings is 1. The fourth-order valence-corrected chi connectivity index (χ4v) is 6.01. The summed E-state index contributed by atoms with van der Waals surface area (Å²) < 4.78 is 12.9. The summed E-state index contributed by atoms with van der Waals surface area (Å²) in [5.41, 5.74) is 0.554. The van der Waals surface area contributed by atoms with E-state index in [9.17, 15) is 14.3 Å². The summed E-state index contributed by atoms with van der Waals surface area (Å²) in [5.74, 6) is 1.09. The lowest BCUT2D eigenvalue weighted by Crippen LogP contribution is -2.56. The minimum absolute atomic E-state index is 0.0266. The highest BCUT2D eigenvalue weighted by Gasteiger charge is 2.57. The van der Waals surface area contributed by atoms with Gasteiger partial charge in [-0.25, -0.2) is 4.39 Å². The number of amides is 1. The number of hydrogen-bond acceptors (Lipinski definition) is 2. The first-order valence-electron chi connectivity index (χ1n) is 9.17. The second kappa shape index (κ2) is 5.83. The molecule has 4 heteroatoms. The maximum absolute atomic E-state index is 12.9. The number of aliphatic hydroxyl groups is 1. The third-order valence-corrected chi connectivity index (χ3v) is 6.34. The molecule has 5 rings (SSSR count). The lowest BCUT2D eigenvalue weighted by Gasteiger charge is -2.60. The number of halogens is 1. The van der Waals surface area contributed by atoms with Crippen molar-refractivity contribution in [2.24, 2.45) is 17.3 Å². The van der Waals surface area contributed by atoms with Crippen molar-refractivity contribution in [1.29, 1.82) is 0 Å². The Morgan fingerprint density at radius 3 is 2.46 bits per heavy atom. The Hall–Kier alpha value is -1.42. The van der Waals surface area contributed by atoms with Crippen LogP contribution in [0.4, 0.5) is 4.39 Å². The van der Waals surface area contributed by atoms with Crippen molar-refractivity contribution in [3.05, 3.63) is 35.6 Å². The van der Waals surface area contributed by atoms with E-state index < -0.39 is 5.60 Å². The van der Waals surface area contributed by atoms with Crippen LogP contribution >= 0.6 is 0 Å². The van der Waals surface area contributed by atoms with Gasteiger partial charge in [-0.15, -0.1) is 0 Å². The van der Waals surface area contributed by atoms with Crippen LogP contribution in [-0.4, -0.2) is 23.2 Å². The molecule has 1 amide bonds. The van der Waals surface area contributed by atoms with Gasteiger partial charge < -0.3 is 10.4 Å². The van der Waals surface area contributed by atoms with Gasteiger partial charge in [0.15, 0.2) is 0 Å². The lowest BCUT2D eigenvalue weighted by atomic mass is 9.47. The fraction of sp³-hybridized carbons (Fsp3) is 0.650. The standard InChI is InChI=1S/C20H26FNO2/c21-17-3-1-14(2-4-17)5-6-22-18(23)12-19-8-15-7-16(9-19)11-20(24,10-15)13-19/h1-4,15-16,24H,5-13H2,(H,22,23)/t15-,16+,19?,20?. The molecule has 0 aliphatic heterocycles. The van der Waals surface area contributed by atoms with Gasteiger partial charge in [0, 0.05) is 13.0 Å². The van der Waals surface area contributed by atoms with Crippen LogP contribution in [0, 0.1) is 23.1 Å². The molecule has 4 fully saturated rings. The summed E-state index contributed by atoms with van der Waals surface area (Å²) in [5, 5.41) is 13.8. The molecule has 4 aliphatic rings. The van der Waals surface area contributed by atoms with Crippen LogP contribution in [0.2, 0.25) is 0 Å². The largest absolute Gasteiger partial charge is 0.390 e. The molecule has 1 aromatic rings. The topological polar surface area (TPSA) is 49.3 Å². The molecule has 4 aliphatic carbocycles. The second-order valence-electron chi connectivity index (χ2n) is 8.59. The van der Waals surface area contributed by atoms with Crippen molar-refractivity contribution in [2.75, 3.05) is 6.54 Å². The minimum atomic E-state index is -0.502. The Balaban J connectivity index is 1.31. The van der Waals surface area contributed by atoms with Gasteiger partial charge in [-0.1, -0.05) is 12.1 Å². The first-order chi connectivity index (χ1) is 11.4. The third kappa shape index (κ3) is 3.21. The minimum Gasteiger partial charge on any atom is -0.390 e. The van der Waals surface area contributed by atoms with Gasteiger partial charge in [0.25, 0.3) is 0 Å². The Kier molecular flexibility index (Phi) is 3.91. The average Bonchev–Trinajstić information content (AvgIpc) is 2.46. The van der Waals surface area contributed by atoms with E-state index in [0.29, 0.717) is 31.2 Å². The number of rotatable bonds is 5. The monoisotopic (exact) mass is 331 g/mol. The van der Waals surface area contributed by atoms with E-state index >= 15 is 0 Å². The maximum atomic E-state index is 12.9. The van der Waals surface area contributed by atoms with Gasteiger partial charge in [-0.2, -0.15) is 0 Å². The van der Waals surface area contributed by atoms with E-state index in [4.69, 9.17) is 0 Å². The molecule has 2 unspecified atom stereocenters. The van der Waals surface area contributed by atoms with E-state index in [1.165, 1.54) is 18.6 Å².